The van der Waals surface area contributed by atoms with Crippen LogP contribution in [0.15, 0.2) is 0 Å². The summed E-state index contributed by atoms with van der Waals surface area (Å²) < 4.78 is 5.02. The lowest BCUT2D eigenvalue weighted by molar-refractivity contribution is -0.244. The summed E-state index contributed by atoms with van der Waals surface area (Å²) in [5.74, 6) is -0.727. The Bertz CT molecular complexity index is 76.6. The van der Waals surface area contributed by atoms with Crippen LogP contribution in [0.1, 0.15) is 26.2 Å². The molecule has 0 spiro atoms. The van der Waals surface area contributed by atoms with E-state index in [2.05, 4.69) is 0 Å². The van der Waals surface area contributed by atoms with E-state index < -0.39 is 5.79 Å². The lowest BCUT2D eigenvalue weighted by Crippen LogP contribution is -2.39. The minimum atomic E-state index is -0.727. The fourth-order valence-electron chi connectivity index (χ4n) is 0.892. The van der Waals surface area contributed by atoms with E-state index in [0.717, 1.165) is 19.3 Å². The summed E-state index contributed by atoms with van der Waals surface area (Å²) in [7, 11) is 0. The van der Waals surface area contributed by atoms with Crippen LogP contribution in [-0.4, -0.2) is 17.5 Å². The molecule has 8 heavy (non-hydrogen) atoms. The van der Waals surface area contributed by atoms with Crippen LogP contribution in [0.4, 0.5) is 0 Å². The largest absolute Gasteiger partial charge is 0.365 e. The molecule has 1 N–H and O–H groups in total. The number of ether oxygens (including phenoxy) is 1. The van der Waals surface area contributed by atoms with Crippen molar-refractivity contribution in [3.63, 3.8) is 0 Å². The van der Waals surface area contributed by atoms with Gasteiger partial charge in [0.25, 0.3) is 0 Å². The number of rotatable bonds is 2. The van der Waals surface area contributed by atoms with Crippen LogP contribution >= 0.6 is 0 Å². The van der Waals surface area contributed by atoms with Gasteiger partial charge in [0.2, 0.25) is 0 Å². The van der Waals surface area contributed by atoms with Gasteiger partial charge in [-0.3, -0.25) is 0 Å². The predicted octanol–water partition coefficient (Wildman–Crippen LogP) is 0.895. The first-order chi connectivity index (χ1) is 3.77. The first-order valence-corrected chi connectivity index (χ1v) is 3.13. The molecule has 0 aromatic heterocycles. The van der Waals surface area contributed by atoms with Gasteiger partial charge in [0, 0.05) is 19.4 Å². The monoisotopic (exact) mass is 116 g/mol. The second kappa shape index (κ2) is 2.03. The Morgan fingerprint density at radius 1 is 1.62 bits per heavy atom. The zero-order valence-electron chi connectivity index (χ0n) is 5.18. The van der Waals surface area contributed by atoms with E-state index in [0.29, 0.717) is 6.61 Å². The Kier molecular flexibility index (Phi) is 1.54. The molecular formula is C6H12O2. The van der Waals surface area contributed by atoms with Crippen LogP contribution in [0.5, 0.6) is 0 Å². The molecule has 0 atom stereocenters. The molecule has 48 valence electrons. The van der Waals surface area contributed by atoms with Crippen molar-refractivity contribution >= 4 is 0 Å². The standard InChI is InChI=1S/C6H12O2/c1-2-8-6(7)4-3-5-6/h7H,2-5H2,1H3. The summed E-state index contributed by atoms with van der Waals surface area (Å²) in [6.45, 7) is 2.52. The molecule has 0 amide bonds. The molecule has 0 bridgehead atoms. The Morgan fingerprint density at radius 3 is 2.38 bits per heavy atom. The second-order valence-electron chi connectivity index (χ2n) is 2.23. The zero-order chi connectivity index (χ0) is 6.04. The van der Waals surface area contributed by atoms with E-state index in [1.54, 1.807) is 0 Å². The van der Waals surface area contributed by atoms with E-state index in [-0.39, 0.29) is 0 Å². The molecule has 1 saturated carbocycles. The van der Waals surface area contributed by atoms with Gasteiger partial charge in [0.1, 0.15) is 0 Å². The Morgan fingerprint density at radius 2 is 2.25 bits per heavy atom. The summed E-state index contributed by atoms with van der Waals surface area (Å²) in [5, 5.41) is 9.19. The van der Waals surface area contributed by atoms with Gasteiger partial charge in [-0.25, -0.2) is 0 Å². The first kappa shape index (κ1) is 6.05. The molecule has 1 aliphatic rings. The third-order valence-corrected chi connectivity index (χ3v) is 1.55. The minimum Gasteiger partial charge on any atom is -0.365 e. The van der Waals surface area contributed by atoms with Crippen LogP contribution in [0, 0.1) is 0 Å². The fraction of sp³-hybridized carbons (Fsp3) is 1.00. The summed E-state index contributed by atoms with van der Waals surface area (Å²) in [6.07, 6.45) is 2.75. The molecule has 0 radical (unpaired) electrons. The van der Waals surface area contributed by atoms with Crippen molar-refractivity contribution in [2.24, 2.45) is 0 Å². The van der Waals surface area contributed by atoms with Crippen LogP contribution in [0.25, 0.3) is 0 Å². The number of hydrogen-bond acceptors (Lipinski definition) is 2. The highest BCUT2D eigenvalue weighted by Gasteiger charge is 2.34. The SMILES string of the molecule is CCOC1(O)CCC1. The maximum Gasteiger partial charge on any atom is 0.165 e. The van der Waals surface area contributed by atoms with Crippen molar-refractivity contribution < 1.29 is 9.84 Å². The molecule has 0 aromatic rings. The summed E-state index contributed by atoms with van der Waals surface area (Å²) in [4.78, 5) is 0. The third kappa shape index (κ3) is 1.01. The molecule has 0 unspecified atom stereocenters. The first-order valence-electron chi connectivity index (χ1n) is 3.13. The Balaban J connectivity index is 2.20. The lowest BCUT2D eigenvalue weighted by atomic mass is 9.92. The topological polar surface area (TPSA) is 29.5 Å². The van der Waals surface area contributed by atoms with E-state index in [9.17, 15) is 5.11 Å². The van der Waals surface area contributed by atoms with Crippen molar-refractivity contribution in [2.75, 3.05) is 6.61 Å². The van der Waals surface area contributed by atoms with Crippen molar-refractivity contribution in [3.8, 4) is 0 Å². The minimum absolute atomic E-state index is 0.622. The highest BCUT2D eigenvalue weighted by atomic mass is 16.6. The molecule has 1 rings (SSSR count). The van der Waals surface area contributed by atoms with Crippen LogP contribution < -0.4 is 0 Å². The van der Waals surface area contributed by atoms with Crippen LogP contribution in [0.3, 0.4) is 0 Å². The summed E-state index contributed by atoms with van der Waals surface area (Å²) in [5.41, 5.74) is 0. The maximum absolute atomic E-state index is 9.19. The van der Waals surface area contributed by atoms with Gasteiger partial charge in [-0.2, -0.15) is 0 Å². The van der Waals surface area contributed by atoms with Gasteiger partial charge < -0.3 is 9.84 Å². The molecule has 1 fully saturated rings. The van der Waals surface area contributed by atoms with Crippen LogP contribution in [-0.2, 0) is 4.74 Å². The van der Waals surface area contributed by atoms with Crippen molar-refractivity contribution in [2.45, 2.75) is 32.0 Å². The second-order valence-corrected chi connectivity index (χ2v) is 2.23. The quantitative estimate of drug-likeness (QED) is 0.543. The molecule has 1 aliphatic carbocycles. The molecule has 0 heterocycles. The molecular weight excluding hydrogens is 104 g/mol. The Hall–Kier alpha value is -0.0800. The molecule has 0 saturated heterocycles. The van der Waals surface area contributed by atoms with Crippen LogP contribution in [0.2, 0.25) is 0 Å². The van der Waals surface area contributed by atoms with E-state index in [1.165, 1.54) is 0 Å². The predicted molar refractivity (Wildman–Crippen MR) is 30.4 cm³/mol. The normalized spacial score (nSPS) is 24.8. The molecule has 2 heteroatoms. The van der Waals surface area contributed by atoms with Gasteiger partial charge in [-0.05, 0) is 13.3 Å². The average molecular weight is 116 g/mol. The van der Waals surface area contributed by atoms with E-state index in [4.69, 9.17) is 4.74 Å². The Labute approximate surface area is 49.5 Å². The zero-order valence-corrected chi connectivity index (χ0v) is 5.18. The smallest absolute Gasteiger partial charge is 0.165 e. The molecule has 2 nitrogen and oxygen atoms in total. The third-order valence-electron chi connectivity index (χ3n) is 1.55. The van der Waals surface area contributed by atoms with Crippen molar-refractivity contribution in [1.29, 1.82) is 0 Å². The highest BCUT2D eigenvalue weighted by molar-refractivity contribution is 4.77. The lowest BCUT2D eigenvalue weighted by Gasteiger charge is -2.35. The van der Waals surface area contributed by atoms with Gasteiger partial charge in [-0.1, -0.05) is 0 Å². The number of aliphatic hydroxyl groups is 1. The summed E-state index contributed by atoms with van der Waals surface area (Å²) in [6, 6.07) is 0. The fourth-order valence-corrected chi connectivity index (χ4v) is 0.892. The van der Waals surface area contributed by atoms with E-state index >= 15 is 0 Å². The number of hydrogen-bond donors (Lipinski definition) is 1. The van der Waals surface area contributed by atoms with Crippen molar-refractivity contribution in [1.82, 2.24) is 0 Å². The van der Waals surface area contributed by atoms with Gasteiger partial charge in [-0.15, -0.1) is 0 Å². The molecule has 0 aromatic carbocycles. The highest BCUT2D eigenvalue weighted by Crippen LogP contribution is 2.32. The molecule has 0 aliphatic heterocycles. The van der Waals surface area contributed by atoms with Crippen molar-refractivity contribution in [3.05, 3.63) is 0 Å². The van der Waals surface area contributed by atoms with E-state index in [1.807, 2.05) is 6.92 Å². The average Bonchev–Trinajstić information content (AvgIpc) is 1.64. The van der Waals surface area contributed by atoms with Gasteiger partial charge >= 0.3 is 0 Å². The summed E-state index contributed by atoms with van der Waals surface area (Å²) >= 11 is 0. The van der Waals surface area contributed by atoms with Gasteiger partial charge in [0.05, 0.1) is 0 Å². The maximum atomic E-state index is 9.19. The van der Waals surface area contributed by atoms with Gasteiger partial charge in [0.15, 0.2) is 5.79 Å².